The summed E-state index contributed by atoms with van der Waals surface area (Å²) in [5, 5.41) is 20.9. The fourth-order valence-electron chi connectivity index (χ4n) is 5.10. The highest BCUT2D eigenvalue weighted by molar-refractivity contribution is 6.01. The zero-order chi connectivity index (χ0) is 21.4. The number of hydrogen-bond donors (Lipinski definition) is 0. The van der Waals surface area contributed by atoms with Crippen LogP contribution < -0.4 is 0 Å². The normalized spacial score (nSPS) is 22.6. The van der Waals surface area contributed by atoms with Crippen molar-refractivity contribution >= 4 is 11.9 Å². The number of ketones is 1. The summed E-state index contributed by atoms with van der Waals surface area (Å²) in [6, 6.07) is 29.9. The van der Waals surface area contributed by atoms with E-state index in [0.29, 0.717) is 5.56 Å². The van der Waals surface area contributed by atoms with Gasteiger partial charge in [-0.15, -0.1) is 0 Å². The van der Waals surface area contributed by atoms with E-state index in [0.717, 1.165) is 16.7 Å². The molecule has 0 N–H and O–H groups in total. The molecule has 3 aromatic rings. The molecule has 0 bridgehead atoms. The van der Waals surface area contributed by atoms with Gasteiger partial charge >= 0.3 is 0 Å². The topological polar surface area (TPSA) is 67.9 Å². The van der Waals surface area contributed by atoms with Gasteiger partial charge in [0.2, 0.25) is 0 Å². The quantitative estimate of drug-likeness (QED) is 0.573. The smallest absolute Gasteiger partial charge is 0.185 e. The average Bonchev–Trinajstić information content (AvgIpc) is 3.15. The Hall–Kier alpha value is -4.15. The molecule has 0 radical (unpaired) electrons. The molecule has 4 heteroatoms. The molecule has 0 amide bonds. The van der Waals surface area contributed by atoms with Crippen molar-refractivity contribution in [2.24, 2.45) is 5.41 Å². The molecule has 0 saturated carbocycles. The third kappa shape index (κ3) is 2.70. The number of nitrogens with zero attached hydrogens (tertiary/aromatic N) is 3. The lowest BCUT2D eigenvalue weighted by Crippen LogP contribution is -2.37. The molecule has 5 rings (SSSR count). The maximum Gasteiger partial charge on any atom is 0.185 e. The Morgan fingerprint density at radius 3 is 2.13 bits per heavy atom. The van der Waals surface area contributed by atoms with E-state index in [1.807, 2.05) is 90.0 Å². The molecule has 2 aliphatic heterocycles. The third-order valence-electron chi connectivity index (χ3n) is 6.43. The highest BCUT2D eigenvalue weighted by Crippen LogP contribution is 2.59. The molecule has 1 fully saturated rings. The van der Waals surface area contributed by atoms with Gasteiger partial charge in [-0.1, -0.05) is 84.9 Å². The minimum Gasteiger partial charge on any atom is -0.357 e. The van der Waals surface area contributed by atoms with Crippen LogP contribution in [0.15, 0.2) is 91.1 Å². The summed E-state index contributed by atoms with van der Waals surface area (Å²) >= 11 is 0. The van der Waals surface area contributed by atoms with Crippen LogP contribution in [0, 0.1) is 28.1 Å². The number of hydrogen-bond acceptors (Lipinski definition) is 4. The van der Waals surface area contributed by atoms with Crippen molar-refractivity contribution in [2.45, 2.75) is 18.0 Å². The van der Waals surface area contributed by atoms with Crippen molar-refractivity contribution in [3.8, 4) is 12.1 Å². The van der Waals surface area contributed by atoms with E-state index in [4.69, 9.17) is 0 Å². The molecule has 2 heterocycles. The number of nitriles is 2. The second kappa shape index (κ2) is 7.27. The van der Waals surface area contributed by atoms with Crippen molar-refractivity contribution < 1.29 is 4.79 Å². The average molecular weight is 401 g/mol. The first kappa shape index (κ1) is 18.9. The number of carbonyl (C=O) groups excluding carboxylic acids is 1. The molecular weight excluding hydrogens is 382 g/mol. The minimum atomic E-state index is -1.42. The molecule has 148 valence electrons. The lowest BCUT2D eigenvalue weighted by atomic mass is 9.67. The van der Waals surface area contributed by atoms with Crippen LogP contribution in [-0.4, -0.2) is 16.7 Å². The Morgan fingerprint density at radius 2 is 1.45 bits per heavy atom. The van der Waals surface area contributed by atoms with E-state index < -0.39 is 23.4 Å². The second-order valence-electron chi connectivity index (χ2n) is 7.95. The SMILES string of the molecule is N#CC1(C#N)[C@@H]2c3ccccc3C=CN2[C@@H](C(=O)c2ccccc2)[C@@H]1c1ccccc1. The van der Waals surface area contributed by atoms with Gasteiger partial charge in [-0.2, -0.15) is 10.5 Å². The fraction of sp³-hybridized carbons (Fsp3) is 0.148. The molecule has 3 atom stereocenters. The number of rotatable bonds is 3. The number of benzene rings is 3. The molecular formula is C27H19N3O. The van der Waals surface area contributed by atoms with Crippen LogP contribution in [-0.2, 0) is 0 Å². The van der Waals surface area contributed by atoms with E-state index in [1.165, 1.54) is 0 Å². The van der Waals surface area contributed by atoms with Gasteiger partial charge < -0.3 is 4.90 Å². The Labute approximate surface area is 181 Å². The van der Waals surface area contributed by atoms with E-state index in [2.05, 4.69) is 12.1 Å². The van der Waals surface area contributed by atoms with Crippen molar-refractivity contribution in [1.29, 1.82) is 10.5 Å². The number of fused-ring (bicyclic) bond motifs is 3. The van der Waals surface area contributed by atoms with Gasteiger partial charge in [-0.25, -0.2) is 0 Å². The highest BCUT2D eigenvalue weighted by atomic mass is 16.1. The van der Waals surface area contributed by atoms with E-state index >= 15 is 0 Å². The molecule has 0 aromatic heterocycles. The summed E-state index contributed by atoms with van der Waals surface area (Å²) in [4.78, 5) is 15.8. The Bertz CT molecular complexity index is 1240. The van der Waals surface area contributed by atoms with E-state index in [9.17, 15) is 15.3 Å². The second-order valence-corrected chi connectivity index (χ2v) is 7.95. The summed E-state index contributed by atoms with van der Waals surface area (Å²) in [6.07, 6.45) is 3.84. The maximum atomic E-state index is 13.8. The molecule has 4 nitrogen and oxygen atoms in total. The van der Waals surface area contributed by atoms with Gasteiger partial charge in [-0.05, 0) is 22.8 Å². The summed E-state index contributed by atoms with van der Waals surface area (Å²) in [5.74, 6) is -0.687. The summed E-state index contributed by atoms with van der Waals surface area (Å²) < 4.78 is 0. The Kier molecular flexibility index (Phi) is 4.42. The van der Waals surface area contributed by atoms with Crippen molar-refractivity contribution in [2.75, 3.05) is 0 Å². The molecule has 1 saturated heterocycles. The zero-order valence-electron chi connectivity index (χ0n) is 16.7. The van der Waals surface area contributed by atoms with Crippen LogP contribution >= 0.6 is 0 Å². The van der Waals surface area contributed by atoms with Gasteiger partial charge in [-0.3, -0.25) is 4.79 Å². The minimum absolute atomic E-state index is 0.0872. The predicted octanol–water partition coefficient (Wildman–Crippen LogP) is 5.10. The van der Waals surface area contributed by atoms with Gasteiger partial charge in [0.1, 0.15) is 6.04 Å². The lowest BCUT2D eigenvalue weighted by molar-refractivity contribution is 0.0874. The Balaban J connectivity index is 1.78. The van der Waals surface area contributed by atoms with E-state index in [-0.39, 0.29) is 5.78 Å². The van der Waals surface area contributed by atoms with Crippen LogP contribution in [0.3, 0.4) is 0 Å². The van der Waals surface area contributed by atoms with Crippen molar-refractivity contribution in [3.63, 3.8) is 0 Å². The van der Waals surface area contributed by atoms with Gasteiger partial charge in [0.15, 0.2) is 11.2 Å². The maximum absolute atomic E-state index is 13.8. The Morgan fingerprint density at radius 1 is 0.839 bits per heavy atom. The first-order chi connectivity index (χ1) is 15.2. The standard InChI is InChI=1S/C27H19N3O/c28-17-27(18-29)23(20-10-3-1-4-11-20)24(25(31)21-12-5-2-6-13-21)30-16-15-19-9-7-8-14-22(19)26(27)30/h1-16,23-24,26H/t23-,24+,26-/m0/s1. The van der Waals surface area contributed by atoms with Crippen LogP contribution in [0.1, 0.15) is 39.0 Å². The van der Waals surface area contributed by atoms with Gasteiger partial charge in [0.25, 0.3) is 0 Å². The summed E-state index contributed by atoms with van der Waals surface area (Å²) in [7, 11) is 0. The molecule has 2 aliphatic rings. The first-order valence-corrected chi connectivity index (χ1v) is 10.2. The summed E-state index contributed by atoms with van der Waals surface area (Å²) in [5.41, 5.74) is 1.85. The molecule has 0 aliphatic carbocycles. The van der Waals surface area contributed by atoms with E-state index in [1.54, 1.807) is 12.1 Å². The number of Topliss-reactive ketones (excluding diaryl/α,β-unsaturated/α-hetero) is 1. The first-order valence-electron chi connectivity index (χ1n) is 10.2. The summed E-state index contributed by atoms with van der Waals surface area (Å²) in [6.45, 7) is 0. The molecule has 3 aromatic carbocycles. The van der Waals surface area contributed by atoms with Crippen LogP contribution in [0.2, 0.25) is 0 Å². The third-order valence-corrected chi connectivity index (χ3v) is 6.43. The van der Waals surface area contributed by atoms with Crippen molar-refractivity contribution in [3.05, 3.63) is 113 Å². The molecule has 31 heavy (non-hydrogen) atoms. The largest absolute Gasteiger partial charge is 0.357 e. The van der Waals surface area contributed by atoms with Crippen LogP contribution in [0.4, 0.5) is 0 Å². The van der Waals surface area contributed by atoms with Crippen LogP contribution in [0.25, 0.3) is 6.08 Å². The van der Waals surface area contributed by atoms with Crippen molar-refractivity contribution in [1.82, 2.24) is 4.90 Å². The molecule has 0 unspecified atom stereocenters. The fourth-order valence-corrected chi connectivity index (χ4v) is 5.10. The lowest BCUT2D eigenvalue weighted by Gasteiger charge is -2.34. The monoisotopic (exact) mass is 401 g/mol. The molecule has 0 spiro atoms. The van der Waals surface area contributed by atoms with Crippen LogP contribution in [0.5, 0.6) is 0 Å². The number of carbonyl (C=O) groups is 1. The zero-order valence-corrected chi connectivity index (χ0v) is 16.7. The predicted molar refractivity (Wildman–Crippen MR) is 117 cm³/mol. The highest BCUT2D eigenvalue weighted by Gasteiger charge is 2.63. The van der Waals surface area contributed by atoms with Gasteiger partial charge in [0, 0.05) is 17.7 Å². The van der Waals surface area contributed by atoms with Gasteiger partial charge in [0.05, 0.1) is 18.2 Å².